The number of likely N-dealkylation sites (tertiary alicyclic amines) is 1. The fraction of sp³-hybridized carbons (Fsp3) is 0.607. The molecule has 6 atom stereocenters. The van der Waals surface area contributed by atoms with E-state index < -0.39 is 18.2 Å². The Balaban J connectivity index is 2.05. The first-order chi connectivity index (χ1) is 17.6. The molecule has 2 bridgehead atoms. The van der Waals surface area contributed by atoms with Crippen LogP contribution >= 0.6 is 0 Å². The third-order valence-electron chi connectivity index (χ3n) is 7.66. The Bertz CT molecular complexity index is 1010. The van der Waals surface area contributed by atoms with Crippen molar-refractivity contribution in [2.24, 2.45) is 11.8 Å². The number of nitrogens with one attached hydrogen (secondary N) is 2. The van der Waals surface area contributed by atoms with E-state index in [0.717, 1.165) is 12.0 Å². The average Bonchev–Trinajstić information content (AvgIpc) is 3.29. The maximum atomic E-state index is 13.9. The zero-order valence-corrected chi connectivity index (χ0v) is 23.1. The Kier molecular flexibility index (Phi) is 9.59. The molecule has 2 heterocycles. The van der Waals surface area contributed by atoms with E-state index in [-0.39, 0.29) is 35.6 Å². The SMILES string of the molecule is CC[C@H](C)[C@@H]1NC(=O)[C@@H]2[C@H](CCN2C(=O)[C@H]([C@@H](C)CC)N(C)C)Oc2ccc(OC)c(c2)/C=C\NC1=O. The van der Waals surface area contributed by atoms with Crippen molar-refractivity contribution >= 4 is 23.8 Å². The van der Waals surface area contributed by atoms with Crippen LogP contribution in [0.3, 0.4) is 0 Å². The highest BCUT2D eigenvalue weighted by Crippen LogP contribution is 2.31. The van der Waals surface area contributed by atoms with Gasteiger partial charge in [-0.05, 0) is 50.2 Å². The molecule has 9 nitrogen and oxygen atoms in total. The van der Waals surface area contributed by atoms with Crippen LogP contribution in [0, 0.1) is 11.8 Å². The van der Waals surface area contributed by atoms with E-state index in [1.807, 2.05) is 45.8 Å². The molecule has 2 aliphatic heterocycles. The molecule has 0 aromatic heterocycles. The molecule has 0 aliphatic carbocycles. The average molecular weight is 515 g/mol. The van der Waals surface area contributed by atoms with Gasteiger partial charge in [0.05, 0.1) is 13.2 Å². The molecule has 1 aromatic rings. The lowest BCUT2D eigenvalue weighted by molar-refractivity contribution is -0.145. The number of hydrogen-bond acceptors (Lipinski definition) is 6. The van der Waals surface area contributed by atoms with E-state index in [1.165, 1.54) is 0 Å². The first kappa shape index (κ1) is 28.5. The molecule has 2 aliphatic rings. The Hall–Kier alpha value is -3.07. The summed E-state index contributed by atoms with van der Waals surface area (Å²) < 4.78 is 11.8. The number of hydrogen-bond donors (Lipinski definition) is 2. The number of amides is 3. The minimum atomic E-state index is -0.863. The van der Waals surface area contributed by atoms with Crippen molar-refractivity contribution in [1.29, 1.82) is 0 Å². The predicted octanol–water partition coefficient (Wildman–Crippen LogP) is 2.65. The summed E-state index contributed by atoms with van der Waals surface area (Å²) in [5.74, 6) is 0.390. The zero-order chi connectivity index (χ0) is 27.3. The van der Waals surface area contributed by atoms with Crippen LogP contribution in [0.5, 0.6) is 11.5 Å². The van der Waals surface area contributed by atoms with Crippen LogP contribution in [0.4, 0.5) is 0 Å². The minimum absolute atomic E-state index is 0.100. The summed E-state index contributed by atoms with van der Waals surface area (Å²) in [6.07, 6.45) is 4.76. The highest BCUT2D eigenvalue weighted by atomic mass is 16.5. The highest BCUT2D eigenvalue weighted by molar-refractivity contribution is 5.94. The molecule has 0 saturated carbocycles. The van der Waals surface area contributed by atoms with Gasteiger partial charge in [-0.25, -0.2) is 0 Å². The number of benzene rings is 1. The van der Waals surface area contributed by atoms with Gasteiger partial charge in [0, 0.05) is 24.7 Å². The summed E-state index contributed by atoms with van der Waals surface area (Å²) in [6, 6.07) is 3.40. The molecule has 3 rings (SSSR count). The smallest absolute Gasteiger partial charge is 0.247 e. The molecule has 1 saturated heterocycles. The van der Waals surface area contributed by atoms with Crippen LogP contribution in [0.1, 0.15) is 52.5 Å². The molecule has 37 heavy (non-hydrogen) atoms. The molecule has 204 valence electrons. The zero-order valence-electron chi connectivity index (χ0n) is 23.1. The van der Waals surface area contributed by atoms with Crippen LogP contribution < -0.4 is 20.1 Å². The van der Waals surface area contributed by atoms with E-state index in [0.29, 0.717) is 30.9 Å². The quantitative estimate of drug-likeness (QED) is 0.580. The number of carbonyl (C=O) groups excluding carboxylic acids is 3. The second kappa shape index (κ2) is 12.4. The van der Waals surface area contributed by atoms with E-state index >= 15 is 0 Å². The summed E-state index contributed by atoms with van der Waals surface area (Å²) >= 11 is 0. The Labute approximate surface area is 220 Å². The monoisotopic (exact) mass is 514 g/mol. The normalized spacial score (nSPS) is 25.3. The van der Waals surface area contributed by atoms with Gasteiger partial charge in [0.1, 0.15) is 29.7 Å². The van der Waals surface area contributed by atoms with E-state index in [1.54, 1.807) is 36.4 Å². The number of methoxy groups -OCH3 is 1. The van der Waals surface area contributed by atoms with Gasteiger partial charge in [-0.1, -0.05) is 40.5 Å². The third-order valence-corrected chi connectivity index (χ3v) is 7.66. The Morgan fingerprint density at radius 3 is 2.54 bits per heavy atom. The van der Waals surface area contributed by atoms with Crippen molar-refractivity contribution in [3.63, 3.8) is 0 Å². The topological polar surface area (TPSA) is 100 Å². The first-order valence-corrected chi connectivity index (χ1v) is 13.2. The lowest BCUT2D eigenvalue weighted by atomic mass is 9.96. The fourth-order valence-corrected chi connectivity index (χ4v) is 5.15. The highest BCUT2D eigenvalue weighted by Gasteiger charge is 2.47. The fourth-order valence-electron chi connectivity index (χ4n) is 5.15. The maximum Gasteiger partial charge on any atom is 0.247 e. The number of fused-ring (bicyclic) bond motifs is 3. The number of rotatable bonds is 7. The summed E-state index contributed by atoms with van der Waals surface area (Å²) in [5, 5.41) is 5.76. The third kappa shape index (κ3) is 6.26. The second-order valence-electron chi connectivity index (χ2n) is 10.3. The van der Waals surface area contributed by atoms with Gasteiger partial charge in [0.25, 0.3) is 0 Å². The second-order valence-corrected chi connectivity index (χ2v) is 10.3. The van der Waals surface area contributed by atoms with Gasteiger partial charge in [-0.15, -0.1) is 0 Å². The predicted molar refractivity (Wildman–Crippen MR) is 143 cm³/mol. The van der Waals surface area contributed by atoms with Crippen LogP contribution in [0.25, 0.3) is 6.08 Å². The number of likely N-dealkylation sites (N-methyl/N-ethyl adjacent to an activating group) is 1. The largest absolute Gasteiger partial charge is 0.496 e. The summed E-state index contributed by atoms with van der Waals surface area (Å²) in [7, 11) is 5.35. The molecule has 1 fully saturated rings. The maximum absolute atomic E-state index is 13.9. The number of nitrogens with zero attached hydrogens (tertiary/aromatic N) is 2. The van der Waals surface area contributed by atoms with Gasteiger partial charge in [0.15, 0.2) is 0 Å². The van der Waals surface area contributed by atoms with Crippen molar-refractivity contribution in [2.75, 3.05) is 27.7 Å². The summed E-state index contributed by atoms with van der Waals surface area (Å²) in [5.41, 5.74) is 0.728. The van der Waals surface area contributed by atoms with E-state index in [4.69, 9.17) is 9.47 Å². The van der Waals surface area contributed by atoms with Gasteiger partial charge in [-0.3, -0.25) is 19.3 Å². The van der Waals surface area contributed by atoms with Crippen molar-refractivity contribution in [2.45, 2.75) is 71.2 Å². The molecular formula is C28H42N4O5. The Morgan fingerprint density at radius 1 is 1.19 bits per heavy atom. The summed E-state index contributed by atoms with van der Waals surface area (Å²) in [6.45, 7) is 8.40. The molecule has 0 spiro atoms. The van der Waals surface area contributed by atoms with Crippen LogP contribution in [0.2, 0.25) is 0 Å². The number of carbonyl (C=O) groups is 3. The van der Waals surface area contributed by atoms with Crippen LogP contribution in [0.15, 0.2) is 24.4 Å². The van der Waals surface area contributed by atoms with Crippen molar-refractivity contribution in [1.82, 2.24) is 20.4 Å². The molecular weight excluding hydrogens is 472 g/mol. The molecule has 2 N–H and O–H groups in total. The van der Waals surface area contributed by atoms with Gasteiger partial charge < -0.3 is 25.0 Å². The molecule has 3 amide bonds. The molecule has 0 unspecified atom stereocenters. The van der Waals surface area contributed by atoms with E-state index in [9.17, 15) is 14.4 Å². The van der Waals surface area contributed by atoms with Gasteiger partial charge in [0.2, 0.25) is 17.7 Å². The van der Waals surface area contributed by atoms with Crippen molar-refractivity contribution < 1.29 is 23.9 Å². The number of ether oxygens (including phenoxy) is 2. The molecule has 9 heteroatoms. The van der Waals surface area contributed by atoms with Crippen molar-refractivity contribution in [3.05, 3.63) is 30.0 Å². The Morgan fingerprint density at radius 2 is 1.92 bits per heavy atom. The summed E-state index contributed by atoms with van der Waals surface area (Å²) in [4.78, 5) is 44.4. The standard InChI is InChI=1S/C28H42N4O5/c1-8-17(3)23-26(33)29-14-12-19-16-20(10-11-21(19)36-7)37-22-13-15-32(25(22)27(34)30-23)28(35)24(31(5)6)18(4)9-2/h10-12,14,16-18,22-25H,8-9,13,15H2,1-7H3,(H,29,33)(H,30,34)/b14-12-/t17-,18-,22-,23-,24-,25-/m0/s1. The van der Waals surface area contributed by atoms with Gasteiger partial charge >= 0.3 is 0 Å². The lowest BCUT2D eigenvalue weighted by Crippen LogP contribution is -2.60. The van der Waals surface area contributed by atoms with Crippen LogP contribution in [-0.2, 0) is 14.4 Å². The minimum Gasteiger partial charge on any atom is -0.496 e. The van der Waals surface area contributed by atoms with Crippen LogP contribution in [-0.4, -0.2) is 79.5 Å². The van der Waals surface area contributed by atoms with Gasteiger partial charge in [-0.2, -0.15) is 0 Å². The van der Waals surface area contributed by atoms with E-state index in [2.05, 4.69) is 17.6 Å². The first-order valence-electron chi connectivity index (χ1n) is 13.2. The molecule has 0 radical (unpaired) electrons. The van der Waals surface area contributed by atoms with Crippen molar-refractivity contribution in [3.8, 4) is 11.5 Å². The molecule has 1 aromatic carbocycles. The lowest BCUT2D eigenvalue weighted by Gasteiger charge is -2.36.